The second-order valence-corrected chi connectivity index (χ2v) is 17.2. The third-order valence-corrected chi connectivity index (χ3v) is 8.99. The fraction of sp³-hybridized carbons (Fsp3) is 0.250. The molecule has 0 nitrogen and oxygen atoms in total. The molecular weight excluding hydrogens is 737 g/mol. The van der Waals surface area contributed by atoms with Crippen molar-refractivity contribution in [3.63, 3.8) is 0 Å². The van der Waals surface area contributed by atoms with Crippen LogP contribution >= 0.6 is 17.0 Å². The monoisotopic (exact) mass is 764 g/mol. The molecule has 0 saturated carbocycles. The summed E-state index contributed by atoms with van der Waals surface area (Å²) in [5.41, 5.74) is 1.99. The van der Waals surface area contributed by atoms with Gasteiger partial charge in [-0.2, -0.15) is 61.9 Å². The molecule has 0 atom stereocenters. The number of halogens is 8. The summed E-state index contributed by atoms with van der Waals surface area (Å²) in [6.07, 6.45) is -9.77. The zero-order valence-corrected chi connectivity index (χ0v) is 30.7. The molecular formula is C36H30Cl2F6SiZr. The van der Waals surface area contributed by atoms with Crippen LogP contribution < -0.4 is 10.4 Å². The van der Waals surface area contributed by atoms with Gasteiger partial charge in [0.25, 0.3) is 0 Å². The topological polar surface area (TPSA) is 0 Å². The normalized spacial score (nSPS) is 12.5. The van der Waals surface area contributed by atoms with Crippen molar-refractivity contribution < 1.29 is 47.2 Å². The molecule has 10 heteroatoms. The van der Waals surface area contributed by atoms with E-state index in [0.29, 0.717) is 16.5 Å². The Morgan fingerprint density at radius 3 is 1.93 bits per heavy atom. The van der Waals surface area contributed by atoms with Crippen LogP contribution in [0.15, 0.2) is 84.9 Å². The smallest absolute Gasteiger partial charge is 0.0920 e. The number of alkyl halides is 6. The van der Waals surface area contributed by atoms with Gasteiger partial charge in [-0.05, 0) is 35.1 Å². The van der Waals surface area contributed by atoms with Crippen LogP contribution in [-0.4, -0.2) is 9.52 Å². The molecule has 5 aromatic carbocycles. The summed E-state index contributed by atoms with van der Waals surface area (Å²) >= 11 is -0.826. The third kappa shape index (κ3) is 8.42. The Bertz CT molecular complexity index is 1740. The minimum atomic E-state index is -4.88. The molecule has 46 heavy (non-hydrogen) atoms. The molecule has 0 saturated heterocycles. The SMILES string of the molecule is CC(C)c1ccc2[cH-]c(C(C)(C)C)cc2c1-c1cc(C(F)(F)F)cc(C(F)(F)F)c1.[Cl][Zr+2][Cl].[c-]1cccc2c1[Si]c1ccccc1-2. The van der Waals surface area contributed by atoms with Gasteiger partial charge in [-0.25, -0.2) is 0 Å². The predicted molar refractivity (Wildman–Crippen MR) is 175 cm³/mol. The zero-order valence-electron chi connectivity index (χ0n) is 25.7. The van der Waals surface area contributed by atoms with Crippen LogP contribution in [-0.2, 0) is 38.6 Å². The first-order valence-corrected chi connectivity index (χ1v) is 21.7. The van der Waals surface area contributed by atoms with Crippen molar-refractivity contribution in [2.45, 2.75) is 58.3 Å². The maximum atomic E-state index is 13.4. The van der Waals surface area contributed by atoms with E-state index in [1.54, 1.807) is 6.07 Å². The molecule has 0 aliphatic carbocycles. The fourth-order valence-corrected chi connectivity index (χ4v) is 6.67. The number of benzene rings is 4. The number of hydrogen-bond acceptors (Lipinski definition) is 0. The van der Waals surface area contributed by atoms with Crippen LogP contribution in [0.5, 0.6) is 0 Å². The molecule has 1 aliphatic rings. The Morgan fingerprint density at radius 1 is 0.783 bits per heavy atom. The summed E-state index contributed by atoms with van der Waals surface area (Å²) in [5.74, 6) is -0.0822. The summed E-state index contributed by atoms with van der Waals surface area (Å²) in [6.45, 7) is 9.77. The van der Waals surface area contributed by atoms with E-state index < -0.39 is 44.3 Å². The van der Waals surface area contributed by atoms with Gasteiger partial charge in [-0.1, -0.05) is 80.8 Å². The van der Waals surface area contributed by atoms with Gasteiger partial charge in [0.05, 0.1) is 20.6 Å². The summed E-state index contributed by atoms with van der Waals surface area (Å²) < 4.78 is 80.5. The van der Waals surface area contributed by atoms with Crippen LogP contribution in [0.4, 0.5) is 26.3 Å². The maximum absolute atomic E-state index is 13.4. The van der Waals surface area contributed by atoms with E-state index in [4.69, 9.17) is 17.0 Å². The quantitative estimate of drug-likeness (QED) is 0.0935. The van der Waals surface area contributed by atoms with Gasteiger partial charge in [-0.3, -0.25) is 0 Å². The first kappa shape index (κ1) is 36.6. The molecule has 0 fully saturated rings. The molecule has 0 aromatic heterocycles. The average Bonchev–Trinajstić information content (AvgIpc) is 3.58. The molecule has 0 amide bonds. The number of fused-ring (bicyclic) bond motifs is 4. The molecule has 2 radical (unpaired) electrons. The number of hydrogen-bond donors (Lipinski definition) is 0. The third-order valence-electron chi connectivity index (χ3n) is 7.62. The van der Waals surface area contributed by atoms with Crippen LogP contribution in [0.2, 0.25) is 0 Å². The van der Waals surface area contributed by atoms with Gasteiger partial charge < -0.3 is 0 Å². The Kier molecular flexibility index (Phi) is 11.5. The van der Waals surface area contributed by atoms with Gasteiger partial charge in [0.2, 0.25) is 0 Å². The van der Waals surface area contributed by atoms with Crippen molar-refractivity contribution >= 4 is 47.7 Å². The Morgan fingerprint density at radius 2 is 1.37 bits per heavy atom. The van der Waals surface area contributed by atoms with E-state index >= 15 is 0 Å². The Balaban J connectivity index is 0.000000245. The molecule has 6 rings (SSSR count). The maximum Gasteiger partial charge on any atom is 0.0920 e. The summed E-state index contributed by atoms with van der Waals surface area (Å²) in [7, 11) is 10.7. The van der Waals surface area contributed by atoms with Crippen LogP contribution in [0.25, 0.3) is 33.0 Å². The van der Waals surface area contributed by atoms with Gasteiger partial charge >= 0.3 is 50.2 Å². The Hall–Kier alpha value is -2.25. The van der Waals surface area contributed by atoms with Gasteiger partial charge in [0.1, 0.15) is 0 Å². The van der Waals surface area contributed by atoms with Crippen molar-refractivity contribution in [3.05, 3.63) is 113 Å². The van der Waals surface area contributed by atoms with Crippen molar-refractivity contribution in [2.75, 3.05) is 0 Å². The van der Waals surface area contributed by atoms with Crippen LogP contribution in [0, 0.1) is 6.07 Å². The Labute approximate surface area is 287 Å². The van der Waals surface area contributed by atoms with Crippen LogP contribution in [0.1, 0.15) is 62.8 Å². The van der Waals surface area contributed by atoms with Crippen molar-refractivity contribution in [1.29, 1.82) is 0 Å². The van der Waals surface area contributed by atoms with Gasteiger partial charge in [0.15, 0.2) is 0 Å². The minimum absolute atomic E-state index is 0.0718. The van der Waals surface area contributed by atoms with E-state index in [9.17, 15) is 26.3 Å². The molecule has 1 heterocycles. The van der Waals surface area contributed by atoms with E-state index in [2.05, 4.69) is 42.5 Å². The molecule has 0 bridgehead atoms. The molecule has 0 spiro atoms. The zero-order chi connectivity index (χ0) is 34.0. The van der Waals surface area contributed by atoms with E-state index in [-0.39, 0.29) is 23.0 Å². The average molecular weight is 767 g/mol. The van der Waals surface area contributed by atoms with Crippen molar-refractivity contribution in [1.82, 2.24) is 0 Å². The molecule has 238 valence electrons. The molecule has 1 aliphatic heterocycles. The van der Waals surface area contributed by atoms with Crippen molar-refractivity contribution in [3.8, 4) is 22.3 Å². The second kappa shape index (κ2) is 14.5. The largest absolute Gasteiger partial charge is 0.184 e. The summed E-state index contributed by atoms with van der Waals surface area (Å²) in [5, 5.41) is 4.28. The molecule has 0 N–H and O–H groups in total. The van der Waals surface area contributed by atoms with Crippen molar-refractivity contribution in [2.24, 2.45) is 0 Å². The van der Waals surface area contributed by atoms with E-state index in [1.165, 1.54) is 21.5 Å². The molecule has 0 unspecified atom stereocenters. The predicted octanol–water partition coefficient (Wildman–Crippen LogP) is 11.2. The van der Waals surface area contributed by atoms with E-state index in [0.717, 1.165) is 32.6 Å². The summed E-state index contributed by atoms with van der Waals surface area (Å²) in [4.78, 5) is 0. The van der Waals surface area contributed by atoms with E-state index in [1.807, 2.05) is 58.9 Å². The number of rotatable bonds is 2. The standard InChI is InChI=1S/C24H23F6.C12H7Si.2ClH.Zr/c1-13(2)19-7-6-14-8-16(22(3,4)5)12-20(14)21(19)15-9-17(23(25,26)27)11-18(10-15)24(28,29)30;1-3-7-11-9(5-1)10-6-2-4-8-12(10)13-11;;;/h6-13H,1-5H3;1-7H;2*1H;/q2*-1;;;+4/p-2. The first-order chi connectivity index (χ1) is 21.5. The van der Waals surface area contributed by atoms with Crippen LogP contribution in [0.3, 0.4) is 0 Å². The van der Waals surface area contributed by atoms with Gasteiger partial charge in [0, 0.05) is 0 Å². The first-order valence-electron chi connectivity index (χ1n) is 14.3. The second-order valence-electron chi connectivity index (χ2n) is 12.2. The fourth-order valence-electron chi connectivity index (χ4n) is 5.36. The summed E-state index contributed by atoms with van der Waals surface area (Å²) in [6, 6.07) is 27.5. The minimum Gasteiger partial charge on any atom is -0.184 e. The van der Waals surface area contributed by atoms with Gasteiger partial charge in [-0.15, -0.1) is 40.1 Å². The molecule has 5 aromatic rings.